The lowest BCUT2D eigenvalue weighted by atomic mass is 9.89. The number of ether oxygens (including phenoxy) is 2. The summed E-state index contributed by atoms with van der Waals surface area (Å²) in [6.45, 7) is 9.27. The number of pyridine rings is 2. The fourth-order valence-corrected chi connectivity index (χ4v) is 9.35. The molecule has 10 nitrogen and oxygen atoms in total. The van der Waals surface area contributed by atoms with Gasteiger partial charge in [-0.2, -0.15) is 0 Å². The van der Waals surface area contributed by atoms with Crippen LogP contribution in [0.5, 0.6) is 0 Å². The number of carbonyl (C=O) groups excluding carboxylic acids is 2. The molecule has 0 spiro atoms. The number of esters is 1. The number of fused-ring (bicyclic) bond motifs is 4. The van der Waals surface area contributed by atoms with E-state index in [4.69, 9.17) is 14.5 Å². The predicted molar refractivity (Wildman–Crippen MR) is 190 cm³/mol. The zero-order valence-electron chi connectivity index (χ0n) is 28.7. The minimum Gasteiger partial charge on any atom is -0.461 e. The second-order valence-corrected chi connectivity index (χ2v) is 15.8. The lowest BCUT2D eigenvalue weighted by Crippen LogP contribution is -2.50. The number of thiophene rings is 1. The minimum absolute atomic E-state index is 0.172. The van der Waals surface area contributed by atoms with E-state index in [1.165, 1.54) is 34.1 Å². The molecule has 1 saturated heterocycles. The lowest BCUT2D eigenvalue weighted by molar-refractivity contribution is -0.142. The normalized spacial score (nSPS) is 18.3. The molecule has 1 amide bonds. The standard InChI is InChI=1S/C38H40FN5O5S/c1-21(45)49-20-29-27(12-24(39)13-32(29)44-10-7-26-28-14-38(2,3)15-33(28)50-35(26)37(44)47)23-11-31(36(46)42(4)16-23)41-34-6-5-22-17-43(25-18-48-19-25)9-8-30(22)40-34/h5-6,11-13,16,25H,7-10,14-15,17-20H2,1-4H3,(H,40,41). The number of aromatic nitrogens is 2. The maximum absolute atomic E-state index is 15.6. The summed E-state index contributed by atoms with van der Waals surface area (Å²) in [6, 6.07) is 8.74. The average Bonchev–Trinajstić information content (AvgIpc) is 3.53. The number of anilines is 3. The van der Waals surface area contributed by atoms with Gasteiger partial charge in [-0.05, 0) is 71.2 Å². The van der Waals surface area contributed by atoms with Gasteiger partial charge in [0, 0.05) is 67.9 Å². The highest BCUT2D eigenvalue weighted by Crippen LogP contribution is 2.46. The van der Waals surface area contributed by atoms with Crippen LogP contribution < -0.4 is 15.8 Å². The van der Waals surface area contributed by atoms with Gasteiger partial charge in [-0.3, -0.25) is 19.3 Å². The Morgan fingerprint density at radius 3 is 2.70 bits per heavy atom. The van der Waals surface area contributed by atoms with E-state index in [9.17, 15) is 14.4 Å². The van der Waals surface area contributed by atoms with Crippen LogP contribution in [-0.4, -0.2) is 58.7 Å². The summed E-state index contributed by atoms with van der Waals surface area (Å²) in [7, 11) is 1.63. The molecule has 1 N–H and O–H groups in total. The molecule has 4 aromatic rings. The van der Waals surface area contributed by atoms with Crippen LogP contribution in [-0.2, 0) is 60.2 Å². The molecule has 1 aromatic carbocycles. The van der Waals surface area contributed by atoms with Crippen molar-refractivity contribution >= 4 is 40.4 Å². The molecule has 50 heavy (non-hydrogen) atoms. The molecule has 0 unspecified atom stereocenters. The molecule has 1 aliphatic carbocycles. The van der Waals surface area contributed by atoms with Gasteiger partial charge in [-0.1, -0.05) is 19.9 Å². The Morgan fingerprint density at radius 1 is 1.12 bits per heavy atom. The molecule has 0 atom stereocenters. The maximum atomic E-state index is 15.6. The molecule has 260 valence electrons. The van der Waals surface area contributed by atoms with Gasteiger partial charge in [0.05, 0.1) is 29.8 Å². The van der Waals surface area contributed by atoms with E-state index in [-0.39, 0.29) is 29.2 Å². The molecule has 4 aliphatic rings. The van der Waals surface area contributed by atoms with Gasteiger partial charge in [0.1, 0.15) is 23.9 Å². The van der Waals surface area contributed by atoms with Gasteiger partial charge in [0.2, 0.25) is 0 Å². The quantitative estimate of drug-likeness (QED) is 0.251. The van der Waals surface area contributed by atoms with Gasteiger partial charge in [0.15, 0.2) is 0 Å². The number of amides is 1. The molecular weight excluding hydrogens is 658 g/mol. The van der Waals surface area contributed by atoms with E-state index in [0.29, 0.717) is 52.1 Å². The van der Waals surface area contributed by atoms with Crippen LogP contribution in [0.15, 0.2) is 41.3 Å². The zero-order valence-corrected chi connectivity index (χ0v) is 29.5. The van der Waals surface area contributed by atoms with Crippen molar-refractivity contribution < 1.29 is 23.5 Å². The van der Waals surface area contributed by atoms with E-state index in [2.05, 4.69) is 24.1 Å². The van der Waals surface area contributed by atoms with Crippen LogP contribution in [0.25, 0.3) is 11.1 Å². The predicted octanol–water partition coefficient (Wildman–Crippen LogP) is 5.54. The zero-order chi connectivity index (χ0) is 34.9. The molecule has 0 saturated carbocycles. The summed E-state index contributed by atoms with van der Waals surface area (Å²) in [5.41, 5.74) is 6.52. The third-order valence-corrected chi connectivity index (χ3v) is 11.7. The molecule has 6 heterocycles. The largest absolute Gasteiger partial charge is 0.461 e. The number of hydrogen-bond donors (Lipinski definition) is 1. The number of aryl methyl sites for hydroxylation is 1. The van der Waals surface area contributed by atoms with Crippen molar-refractivity contribution in [2.75, 3.05) is 36.5 Å². The Balaban J connectivity index is 1.14. The number of nitrogens with one attached hydrogen (secondary N) is 1. The van der Waals surface area contributed by atoms with Crippen LogP contribution >= 0.6 is 11.3 Å². The first-order valence-corrected chi connectivity index (χ1v) is 18.0. The Hall–Kier alpha value is -4.39. The SMILES string of the molecule is CC(=O)OCc1c(-c2cc(Nc3ccc4c(n3)CCN(C3COC3)C4)c(=O)n(C)c2)cc(F)cc1N1CCc2c(sc3c2CC(C)(C)C3)C1=O. The fraction of sp³-hybridized carbons (Fsp3) is 0.421. The van der Waals surface area contributed by atoms with Crippen molar-refractivity contribution in [1.82, 2.24) is 14.5 Å². The number of carbonyl (C=O) groups is 2. The van der Waals surface area contributed by atoms with Crippen molar-refractivity contribution in [1.29, 1.82) is 0 Å². The Kier molecular flexibility index (Phi) is 8.15. The number of hydrogen-bond acceptors (Lipinski definition) is 9. The van der Waals surface area contributed by atoms with Crippen LogP contribution in [0.1, 0.15) is 63.3 Å². The lowest BCUT2D eigenvalue weighted by Gasteiger charge is -2.39. The first kappa shape index (κ1) is 32.8. The molecule has 8 rings (SSSR count). The number of halogens is 1. The smallest absolute Gasteiger partial charge is 0.302 e. The van der Waals surface area contributed by atoms with E-state index >= 15 is 4.39 Å². The Morgan fingerprint density at radius 2 is 1.94 bits per heavy atom. The van der Waals surface area contributed by atoms with Crippen molar-refractivity contribution in [2.24, 2.45) is 12.5 Å². The Bertz CT molecular complexity index is 2120. The van der Waals surface area contributed by atoms with Crippen molar-refractivity contribution in [3.8, 4) is 11.1 Å². The van der Waals surface area contributed by atoms with Crippen LogP contribution in [0.3, 0.4) is 0 Å². The van der Waals surface area contributed by atoms with E-state index in [0.717, 1.165) is 62.4 Å². The van der Waals surface area contributed by atoms with Gasteiger partial charge in [-0.25, -0.2) is 9.37 Å². The van der Waals surface area contributed by atoms with Gasteiger partial charge >= 0.3 is 5.97 Å². The van der Waals surface area contributed by atoms with Crippen LogP contribution in [0.4, 0.5) is 21.6 Å². The fourth-order valence-electron chi connectivity index (χ4n) is 7.78. The summed E-state index contributed by atoms with van der Waals surface area (Å²) < 4.78 is 27.9. The summed E-state index contributed by atoms with van der Waals surface area (Å²) in [4.78, 5) is 50.4. The van der Waals surface area contributed by atoms with Gasteiger partial charge < -0.3 is 24.3 Å². The summed E-state index contributed by atoms with van der Waals surface area (Å²) >= 11 is 1.55. The molecule has 0 bridgehead atoms. The van der Waals surface area contributed by atoms with Crippen LogP contribution in [0.2, 0.25) is 0 Å². The van der Waals surface area contributed by atoms with Crippen molar-refractivity contribution in [3.63, 3.8) is 0 Å². The second kappa shape index (κ2) is 12.4. The van der Waals surface area contributed by atoms with E-state index < -0.39 is 11.8 Å². The molecule has 1 fully saturated rings. The molecule has 12 heteroatoms. The topological polar surface area (TPSA) is 106 Å². The molecule has 3 aromatic heterocycles. The van der Waals surface area contributed by atoms with Crippen LogP contribution in [0, 0.1) is 11.2 Å². The third kappa shape index (κ3) is 5.92. The van der Waals surface area contributed by atoms with Crippen molar-refractivity contribution in [3.05, 3.63) is 90.4 Å². The molecule has 0 radical (unpaired) electrons. The highest BCUT2D eigenvalue weighted by Gasteiger charge is 2.39. The first-order chi connectivity index (χ1) is 23.9. The Labute approximate surface area is 293 Å². The number of rotatable bonds is 7. The average molecular weight is 698 g/mol. The highest BCUT2D eigenvalue weighted by atomic mass is 32.1. The summed E-state index contributed by atoms with van der Waals surface area (Å²) in [5.74, 6) is -0.673. The monoisotopic (exact) mass is 697 g/mol. The summed E-state index contributed by atoms with van der Waals surface area (Å²) in [6.07, 6.45) is 4.98. The molecular formula is C38H40FN5O5S. The highest BCUT2D eigenvalue weighted by molar-refractivity contribution is 7.14. The van der Waals surface area contributed by atoms with Gasteiger partial charge in [0.25, 0.3) is 11.5 Å². The maximum Gasteiger partial charge on any atom is 0.302 e. The summed E-state index contributed by atoms with van der Waals surface area (Å²) in [5, 5.41) is 3.21. The van der Waals surface area contributed by atoms with Crippen molar-refractivity contribution in [2.45, 2.75) is 65.6 Å². The third-order valence-electron chi connectivity index (χ3n) is 10.4. The van der Waals surface area contributed by atoms with Gasteiger partial charge in [-0.15, -0.1) is 11.3 Å². The second-order valence-electron chi connectivity index (χ2n) is 14.7. The van der Waals surface area contributed by atoms with E-state index in [1.54, 1.807) is 35.5 Å². The van der Waals surface area contributed by atoms with E-state index in [1.807, 2.05) is 12.1 Å². The number of benzene rings is 1. The number of nitrogens with zero attached hydrogens (tertiary/aromatic N) is 4. The minimum atomic E-state index is -0.544. The first-order valence-electron chi connectivity index (χ1n) is 17.1. The molecule has 3 aliphatic heterocycles.